The van der Waals surface area contributed by atoms with Crippen molar-refractivity contribution in [1.82, 2.24) is 10.6 Å². The average Bonchev–Trinajstić information content (AvgIpc) is 2.99. The Morgan fingerprint density at radius 2 is 1.43 bits per heavy atom. The molecule has 0 radical (unpaired) electrons. The molecule has 3 heterocycles. The normalized spacial score (nSPS) is 42.9. The molecule has 2 amide bonds. The largest absolute Gasteiger partial charge is 0.477 e. The fourth-order valence-electron chi connectivity index (χ4n) is 5.57. The number of carboxylic acid groups (broad SMARTS) is 1. The maximum Gasteiger partial charge on any atom is 0.364 e. The fourth-order valence-corrected chi connectivity index (χ4v) is 5.57. The molecular weight excluding hydrogens is 632 g/mol. The topological polar surface area (TPSA) is 344 Å². The first-order valence-electron chi connectivity index (χ1n) is 14.2. The van der Waals surface area contributed by atoms with E-state index in [9.17, 15) is 70.6 Å². The van der Waals surface area contributed by atoms with E-state index in [-0.39, 0.29) is 0 Å². The van der Waals surface area contributed by atoms with Crippen LogP contribution in [-0.2, 0) is 38.1 Å². The summed E-state index contributed by atoms with van der Waals surface area (Å²) in [6.45, 7) is -0.789. The quantitative estimate of drug-likeness (QED) is 0.0913. The van der Waals surface area contributed by atoms with Gasteiger partial charge in [-0.25, -0.2) is 4.79 Å². The van der Waals surface area contributed by atoms with Gasteiger partial charge < -0.3 is 90.5 Å². The van der Waals surface area contributed by atoms with Gasteiger partial charge in [-0.05, 0) is 0 Å². The Balaban J connectivity index is 1.95. The van der Waals surface area contributed by atoms with E-state index < -0.39 is 142 Å². The Kier molecular flexibility index (Phi) is 13.1. The van der Waals surface area contributed by atoms with Crippen molar-refractivity contribution in [3.8, 4) is 0 Å². The number of aliphatic hydroxyl groups excluding tert-OH is 10. The number of hydrogen-bond donors (Lipinski definition) is 13. The Bertz CT molecular complexity index is 1050. The number of nitrogens with one attached hydrogen (secondary N) is 2. The lowest BCUT2D eigenvalue weighted by Crippen LogP contribution is -2.71. The van der Waals surface area contributed by atoms with Crippen molar-refractivity contribution in [3.05, 3.63) is 0 Å². The van der Waals surface area contributed by atoms with E-state index in [1.807, 2.05) is 0 Å². The smallest absolute Gasteiger partial charge is 0.364 e. The highest BCUT2D eigenvalue weighted by molar-refractivity contribution is 5.76. The van der Waals surface area contributed by atoms with Crippen LogP contribution in [0.15, 0.2) is 0 Å². The Morgan fingerprint density at radius 1 is 0.848 bits per heavy atom. The van der Waals surface area contributed by atoms with Crippen molar-refractivity contribution in [3.63, 3.8) is 0 Å². The molecule has 3 fully saturated rings. The van der Waals surface area contributed by atoms with Crippen molar-refractivity contribution in [2.45, 2.75) is 118 Å². The molecule has 16 atom stereocenters. The van der Waals surface area contributed by atoms with E-state index >= 15 is 0 Å². The summed E-state index contributed by atoms with van der Waals surface area (Å²) in [6, 6.07) is -3.05. The number of carbonyl (C=O) groups excluding carboxylic acids is 2. The highest BCUT2D eigenvalue weighted by atomic mass is 16.8. The van der Waals surface area contributed by atoms with Crippen LogP contribution in [0.1, 0.15) is 20.3 Å². The third kappa shape index (κ3) is 8.08. The van der Waals surface area contributed by atoms with Crippen molar-refractivity contribution in [1.29, 1.82) is 0 Å². The summed E-state index contributed by atoms with van der Waals surface area (Å²) in [5.74, 6) is -6.46. The van der Waals surface area contributed by atoms with E-state index in [0.29, 0.717) is 0 Å². The number of ether oxygens (including phenoxy) is 5. The Hall–Kier alpha value is -2.19. The molecule has 0 aromatic rings. The zero-order chi connectivity index (χ0) is 34.7. The lowest BCUT2D eigenvalue weighted by Gasteiger charge is -2.50. The van der Waals surface area contributed by atoms with Crippen LogP contribution >= 0.6 is 0 Å². The maximum atomic E-state index is 12.6. The Labute approximate surface area is 260 Å². The van der Waals surface area contributed by atoms with Crippen molar-refractivity contribution >= 4 is 17.8 Å². The van der Waals surface area contributed by atoms with E-state index in [0.717, 1.165) is 13.8 Å². The molecule has 0 saturated carbocycles. The zero-order valence-corrected chi connectivity index (χ0v) is 24.7. The van der Waals surface area contributed by atoms with Gasteiger partial charge in [-0.3, -0.25) is 9.59 Å². The first kappa shape index (κ1) is 38.3. The molecule has 0 bridgehead atoms. The summed E-state index contributed by atoms with van der Waals surface area (Å²) in [5, 5.41) is 118. The second-order valence-corrected chi connectivity index (χ2v) is 11.2. The van der Waals surface area contributed by atoms with Gasteiger partial charge in [0.2, 0.25) is 11.8 Å². The highest BCUT2D eigenvalue weighted by Gasteiger charge is 2.60. The first-order valence-corrected chi connectivity index (χ1v) is 14.2. The van der Waals surface area contributed by atoms with Crippen LogP contribution in [0.5, 0.6) is 0 Å². The lowest BCUT2D eigenvalue weighted by molar-refractivity contribution is -0.382. The standard InChI is InChI=1S/C25H42N2O19/c1-7(31)26-13-9(33)3-25(24(40)41,45-20(13)15(35)10(34)4-28)46-21-16(36)11(5-29)43-23(18(21)38)44-19-12(6-30)42-22(39)14(17(19)37)27-8(2)32/h9-23,28-30,33-39H,3-6H2,1-2H3,(H,26,31)(H,27,32)(H,40,41)/t9-,10+,11+,12+,13+,14+,15+,16+,17+,18-,19+,20+,21-,22+,23-,25-/m0/s1. The van der Waals surface area contributed by atoms with Gasteiger partial charge >= 0.3 is 5.97 Å². The second-order valence-electron chi connectivity index (χ2n) is 11.2. The van der Waals surface area contributed by atoms with Crippen LogP contribution in [-0.4, -0.2) is 191 Å². The molecule has 21 nitrogen and oxygen atoms in total. The van der Waals surface area contributed by atoms with Gasteiger partial charge in [0.05, 0.1) is 32.0 Å². The molecule has 3 saturated heterocycles. The fraction of sp³-hybridized carbons (Fsp3) is 0.880. The first-order chi connectivity index (χ1) is 21.5. The monoisotopic (exact) mass is 674 g/mol. The molecule has 46 heavy (non-hydrogen) atoms. The van der Waals surface area contributed by atoms with E-state index in [4.69, 9.17) is 23.7 Å². The van der Waals surface area contributed by atoms with Crippen LogP contribution in [0, 0.1) is 0 Å². The molecule has 3 aliphatic rings. The molecule has 0 spiro atoms. The average molecular weight is 675 g/mol. The molecule has 0 aromatic heterocycles. The van der Waals surface area contributed by atoms with Gasteiger partial charge in [0.15, 0.2) is 12.6 Å². The van der Waals surface area contributed by atoms with Crippen LogP contribution in [0.25, 0.3) is 0 Å². The molecule has 266 valence electrons. The van der Waals surface area contributed by atoms with Crippen molar-refractivity contribution in [2.75, 3.05) is 19.8 Å². The summed E-state index contributed by atoms with van der Waals surface area (Å²) in [7, 11) is 0. The molecular formula is C25H42N2O19. The van der Waals surface area contributed by atoms with E-state index in [1.54, 1.807) is 0 Å². The summed E-state index contributed by atoms with van der Waals surface area (Å²) < 4.78 is 27.4. The second kappa shape index (κ2) is 15.8. The van der Waals surface area contributed by atoms with Gasteiger partial charge in [-0.2, -0.15) is 0 Å². The molecule has 3 rings (SSSR count). The molecule has 13 N–H and O–H groups in total. The Morgan fingerprint density at radius 3 is 1.96 bits per heavy atom. The van der Waals surface area contributed by atoms with Gasteiger partial charge in [-0.1, -0.05) is 0 Å². The number of carbonyl (C=O) groups is 3. The van der Waals surface area contributed by atoms with Crippen molar-refractivity contribution < 1.29 is 94.2 Å². The number of rotatable bonds is 12. The predicted molar refractivity (Wildman–Crippen MR) is 142 cm³/mol. The number of hydrogen-bond acceptors (Lipinski definition) is 18. The molecule has 0 aliphatic carbocycles. The molecule has 3 aliphatic heterocycles. The van der Waals surface area contributed by atoms with Gasteiger partial charge in [0.25, 0.3) is 5.79 Å². The minimum Gasteiger partial charge on any atom is -0.477 e. The molecule has 21 heteroatoms. The van der Waals surface area contributed by atoms with Crippen LogP contribution < -0.4 is 10.6 Å². The third-order valence-corrected chi connectivity index (χ3v) is 7.87. The zero-order valence-electron chi connectivity index (χ0n) is 24.7. The highest BCUT2D eigenvalue weighted by Crippen LogP contribution is 2.38. The number of aliphatic hydroxyl groups is 10. The molecule has 0 unspecified atom stereocenters. The van der Waals surface area contributed by atoms with Gasteiger partial charge in [0.1, 0.15) is 67.1 Å². The third-order valence-electron chi connectivity index (χ3n) is 7.87. The minimum atomic E-state index is -3.04. The number of carboxylic acids is 1. The summed E-state index contributed by atoms with van der Waals surface area (Å²) >= 11 is 0. The lowest BCUT2D eigenvalue weighted by atomic mass is 9.88. The summed E-state index contributed by atoms with van der Waals surface area (Å²) in [5.41, 5.74) is 0. The SMILES string of the molecule is CC(=O)N[C@@H]1[C@@H](O)[C@H](O[C@@H]2O[C@H](CO)[C@@H](O)[C@H](O[C@]3(C(=O)O)C[C@H](O)[C@@H](NC(C)=O)[C@H]([C@H](O)[C@H](O)CO)O3)[C@@H]2O)[C@@H](CO)O[C@H]1O. The van der Waals surface area contributed by atoms with E-state index in [2.05, 4.69) is 10.6 Å². The van der Waals surface area contributed by atoms with Crippen LogP contribution in [0.2, 0.25) is 0 Å². The molecule has 0 aromatic carbocycles. The maximum absolute atomic E-state index is 12.6. The van der Waals surface area contributed by atoms with E-state index in [1.165, 1.54) is 0 Å². The van der Waals surface area contributed by atoms with Crippen LogP contribution in [0.4, 0.5) is 0 Å². The minimum absolute atomic E-state index is 0.692. The van der Waals surface area contributed by atoms with Gasteiger partial charge in [0, 0.05) is 20.3 Å². The number of aliphatic carboxylic acids is 1. The summed E-state index contributed by atoms with van der Waals surface area (Å²) in [6.07, 6.45) is -25.7. The predicted octanol–water partition coefficient (Wildman–Crippen LogP) is -8.08. The summed E-state index contributed by atoms with van der Waals surface area (Å²) in [4.78, 5) is 36.0. The van der Waals surface area contributed by atoms with Crippen LogP contribution in [0.3, 0.4) is 0 Å². The van der Waals surface area contributed by atoms with Crippen molar-refractivity contribution in [2.24, 2.45) is 0 Å². The number of amides is 2. The van der Waals surface area contributed by atoms with Gasteiger partial charge in [-0.15, -0.1) is 0 Å².